The molecule has 3 N–H and O–H groups in total. The van der Waals surface area contributed by atoms with E-state index in [1.807, 2.05) is 61.5 Å². The van der Waals surface area contributed by atoms with E-state index in [1.165, 1.54) is 0 Å². The number of benzene rings is 2. The van der Waals surface area contributed by atoms with Gasteiger partial charge in [0.1, 0.15) is 5.82 Å². The van der Waals surface area contributed by atoms with Gasteiger partial charge >= 0.3 is 0 Å². The maximum Gasteiger partial charge on any atom is 0.232 e. The Balaban J connectivity index is 1.42. The second kappa shape index (κ2) is 7.07. The van der Waals surface area contributed by atoms with Gasteiger partial charge in [0.15, 0.2) is 0 Å². The van der Waals surface area contributed by atoms with Crippen molar-refractivity contribution in [2.24, 2.45) is 0 Å². The Morgan fingerprint density at radius 3 is 2.70 bits per heavy atom. The van der Waals surface area contributed by atoms with Crippen molar-refractivity contribution in [3.05, 3.63) is 72.2 Å². The molecule has 2 unspecified atom stereocenters. The molecule has 6 nitrogen and oxygen atoms in total. The van der Waals surface area contributed by atoms with E-state index in [2.05, 4.69) is 20.6 Å². The highest BCUT2D eigenvalue weighted by molar-refractivity contribution is 6.04. The van der Waals surface area contributed by atoms with E-state index in [1.54, 1.807) is 6.20 Å². The summed E-state index contributed by atoms with van der Waals surface area (Å²) in [6.45, 7) is 1.87. The third-order valence-corrected chi connectivity index (χ3v) is 4.77. The van der Waals surface area contributed by atoms with Gasteiger partial charge in [0.2, 0.25) is 11.8 Å². The van der Waals surface area contributed by atoms with Crippen LogP contribution in [-0.2, 0) is 9.59 Å². The van der Waals surface area contributed by atoms with E-state index < -0.39 is 5.92 Å². The van der Waals surface area contributed by atoms with Crippen LogP contribution < -0.4 is 10.6 Å². The molecule has 1 aromatic heterocycles. The molecule has 1 aliphatic heterocycles. The average Bonchev–Trinajstić information content (AvgIpc) is 3.28. The summed E-state index contributed by atoms with van der Waals surface area (Å²) in [5.74, 6) is -0.0938. The van der Waals surface area contributed by atoms with E-state index >= 15 is 0 Å². The second-order valence-corrected chi connectivity index (χ2v) is 6.67. The minimum Gasteiger partial charge on any atom is -0.346 e. The van der Waals surface area contributed by atoms with Crippen molar-refractivity contribution in [1.82, 2.24) is 15.3 Å². The third-order valence-electron chi connectivity index (χ3n) is 4.77. The van der Waals surface area contributed by atoms with Crippen LogP contribution in [0.3, 0.4) is 0 Å². The van der Waals surface area contributed by atoms with Gasteiger partial charge in [-0.25, -0.2) is 4.98 Å². The van der Waals surface area contributed by atoms with Crippen LogP contribution >= 0.6 is 0 Å². The second-order valence-electron chi connectivity index (χ2n) is 6.67. The molecule has 136 valence electrons. The summed E-state index contributed by atoms with van der Waals surface area (Å²) < 4.78 is 0. The van der Waals surface area contributed by atoms with Crippen molar-refractivity contribution in [2.75, 3.05) is 5.32 Å². The maximum atomic E-state index is 12.5. The number of amides is 2. The first-order chi connectivity index (χ1) is 13.1. The van der Waals surface area contributed by atoms with E-state index in [4.69, 9.17) is 0 Å². The molecule has 27 heavy (non-hydrogen) atoms. The zero-order chi connectivity index (χ0) is 18.8. The smallest absolute Gasteiger partial charge is 0.232 e. The molecule has 0 spiro atoms. The predicted octanol–water partition coefficient (Wildman–Crippen LogP) is 3.38. The Kier molecular flexibility index (Phi) is 4.46. The summed E-state index contributed by atoms with van der Waals surface area (Å²) in [7, 11) is 0. The molecule has 3 aromatic rings. The van der Waals surface area contributed by atoms with Gasteiger partial charge < -0.3 is 15.6 Å². The van der Waals surface area contributed by atoms with Crippen LogP contribution in [0.4, 0.5) is 5.69 Å². The van der Waals surface area contributed by atoms with E-state index in [9.17, 15) is 9.59 Å². The van der Waals surface area contributed by atoms with Crippen LogP contribution in [0.2, 0.25) is 0 Å². The highest BCUT2D eigenvalue weighted by atomic mass is 16.2. The van der Waals surface area contributed by atoms with Gasteiger partial charge in [0.05, 0.1) is 23.9 Å². The summed E-state index contributed by atoms with van der Waals surface area (Å²) in [6, 6.07) is 17.1. The molecule has 1 aliphatic rings. The van der Waals surface area contributed by atoms with Gasteiger partial charge in [-0.05, 0) is 24.1 Å². The Labute approximate surface area is 157 Å². The number of para-hydroxylation sites is 1. The highest BCUT2D eigenvalue weighted by Gasteiger charge is 2.32. The topological polar surface area (TPSA) is 86.9 Å². The monoisotopic (exact) mass is 360 g/mol. The number of carbonyl (C=O) groups is 2. The summed E-state index contributed by atoms with van der Waals surface area (Å²) >= 11 is 0. The zero-order valence-corrected chi connectivity index (χ0v) is 14.9. The number of imidazole rings is 1. The number of aromatic amines is 1. The number of hydrogen-bond donors (Lipinski definition) is 3. The van der Waals surface area contributed by atoms with Crippen molar-refractivity contribution in [1.29, 1.82) is 0 Å². The molecule has 4 rings (SSSR count). The van der Waals surface area contributed by atoms with E-state index in [0.717, 1.165) is 22.5 Å². The fraction of sp³-hybridized carbons (Fsp3) is 0.190. The zero-order valence-electron chi connectivity index (χ0n) is 14.9. The molecule has 2 amide bonds. The number of fused-ring (bicyclic) bond motifs is 1. The third kappa shape index (κ3) is 3.46. The fourth-order valence-corrected chi connectivity index (χ4v) is 3.35. The standard InChI is InChI=1S/C21H20N4O2/c1-13(20-22-12-18(24-20)14-7-3-2-4-8-14)23-19(26)11-16-15-9-5-6-10-17(15)25-21(16)27/h2-10,12-13,16H,11H2,1H3,(H,22,24)(H,23,26)(H,25,27). The molecule has 0 saturated carbocycles. The van der Waals surface area contributed by atoms with Crippen molar-refractivity contribution >= 4 is 17.5 Å². The van der Waals surface area contributed by atoms with Crippen molar-refractivity contribution in [3.8, 4) is 11.3 Å². The predicted molar refractivity (Wildman–Crippen MR) is 103 cm³/mol. The lowest BCUT2D eigenvalue weighted by Crippen LogP contribution is -2.30. The summed E-state index contributed by atoms with van der Waals surface area (Å²) in [4.78, 5) is 32.3. The first kappa shape index (κ1) is 17.0. The van der Waals surface area contributed by atoms with Crippen LogP contribution in [0, 0.1) is 0 Å². The molecule has 2 atom stereocenters. The Hall–Kier alpha value is -3.41. The summed E-state index contributed by atoms with van der Waals surface area (Å²) in [5.41, 5.74) is 3.59. The first-order valence-electron chi connectivity index (χ1n) is 8.91. The Bertz CT molecular complexity index is 981. The number of H-pyrrole nitrogens is 1. The number of rotatable bonds is 5. The van der Waals surface area contributed by atoms with Gasteiger partial charge in [-0.15, -0.1) is 0 Å². The first-order valence-corrected chi connectivity index (χ1v) is 8.91. The van der Waals surface area contributed by atoms with Crippen molar-refractivity contribution in [2.45, 2.75) is 25.3 Å². The summed E-state index contributed by atoms with van der Waals surface area (Å²) in [6.07, 6.45) is 1.87. The van der Waals surface area contributed by atoms with Crippen LogP contribution in [-0.4, -0.2) is 21.8 Å². The van der Waals surface area contributed by atoms with E-state index in [0.29, 0.717) is 5.82 Å². The molecule has 0 radical (unpaired) electrons. The lowest BCUT2D eigenvalue weighted by Gasteiger charge is -2.14. The van der Waals surface area contributed by atoms with Crippen LogP contribution in [0.1, 0.15) is 36.7 Å². The van der Waals surface area contributed by atoms with Crippen molar-refractivity contribution in [3.63, 3.8) is 0 Å². The lowest BCUT2D eigenvalue weighted by atomic mass is 9.97. The number of hydrogen-bond acceptors (Lipinski definition) is 3. The van der Waals surface area contributed by atoms with Crippen LogP contribution in [0.15, 0.2) is 60.8 Å². The lowest BCUT2D eigenvalue weighted by molar-refractivity contribution is -0.125. The normalized spacial score (nSPS) is 16.5. The largest absolute Gasteiger partial charge is 0.346 e. The van der Waals surface area contributed by atoms with Gasteiger partial charge in [-0.1, -0.05) is 48.5 Å². The fourth-order valence-electron chi connectivity index (χ4n) is 3.35. The average molecular weight is 360 g/mol. The molecule has 2 aromatic carbocycles. The summed E-state index contributed by atoms with van der Waals surface area (Å²) in [5, 5.41) is 5.75. The molecular formula is C21H20N4O2. The molecule has 0 aliphatic carbocycles. The van der Waals surface area contributed by atoms with Gasteiger partial charge in [0, 0.05) is 12.1 Å². The minimum absolute atomic E-state index is 0.111. The van der Waals surface area contributed by atoms with E-state index in [-0.39, 0.29) is 24.3 Å². The number of anilines is 1. The number of carbonyl (C=O) groups excluding carboxylic acids is 2. The quantitative estimate of drug-likeness (QED) is 0.652. The molecule has 6 heteroatoms. The Morgan fingerprint density at radius 2 is 1.89 bits per heavy atom. The van der Waals surface area contributed by atoms with Crippen molar-refractivity contribution < 1.29 is 9.59 Å². The molecule has 0 fully saturated rings. The number of nitrogens with zero attached hydrogens (tertiary/aromatic N) is 1. The molecule has 0 saturated heterocycles. The number of nitrogens with one attached hydrogen (secondary N) is 3. The number of aromatic nitrogens is 2. The molecule has 0 bridgehead atoms. The molecule has 2 heterocycles. The van der Waals surface area contributed by atoms with Crippen LogP contribution in [0.5, 0.6) is 0 Å². The van der Waals surface area contributed by atoms with Gasteiger partial charge in [-0.2, -0.15) is 0 Å². The van der Waals surface area contributed by atoms with Gasteiger partial charge in [0.25, 0.3) is 0 Å². The highest BCUT2D eigenvalue weighted by Crippen LogP contribution is 2.34. The SMILES string of the molecule is CC(NC(=O)CC1C(=O)Nc2ccccc21)c1ncc(-c2ccccc2)[nH]1. The molecular weight excluding hydrogens is 340 g/mol. The maximum absolute atomic E-state index is 12.5. The minimum atomic E-state index is -0.454. The van der Waals surface area contributed by atoms with Gasteiger partial charge in [-0.3, -0.25) is 9.59 Å². The Morgan fingerprint density at radius 1 is 1.15 bits per heavy atom. The van der Waals surface area contributed by atoms with Crippen LogP contribution in [0.25, 0.3) is 11.3 Å².